The number of hydrogen-bond donors (Lipinski definition) is 2. The maximum absolute atomic E-state index is 12.7. The van der Waals surface area contributed by atoms with Crippen LogP contribution in [0.25, 0.3) is 0 Å². The van der Waals surface area contributed by atoms with Gasteiger partial charge in [-0.25, -0.2) is 0 Å². The topological polar surface area (TPSA) is 96.7 Å². The molecule has 1 atom stereocenters. The first-order chi connectivity index (χ1) is 13.9. The third-order valence-corrected chi connectivity index (χ3v) is 4.97. The summed E-state index contributed by atoms with van der Waals surface area (Å²) < 4.78 is 5.44. The summed E-state index contributed by atoms with van der Waals surface area (Å²) in [6, 6.07) is 12.4. The molecule has 29 heavy (non-hydrogen) atoms. The van der Waals surface area contributed by atoms with Crippen LogP contribution in [0.4, 0.5) is 11.4 Å². The lowest BCUT2D eigenvalue weighted by Gasteiger charge is -2.26. The van der Waals surface area contributed by atoms with Gasteiger partial charge < -0.3 is 20.3 Å². The number of benzene rings is 2. The maximum atomic E-state index is 12.7. The van der Waals surface area contributed by atoms with Gasteiger partial charge in [0.2, 0.25) is 0 Å². The first kappa shape index (κ1) is 20.6. The number of nitrogens with one attached hydrogen (secondary N) is 2. The van der Waals surface area contributed by atoms with Crippen molar-refractivity contribution in [3.05, 3.63) is 63.7 Å². The molecule has 1 aliphatic rings. The van der Waals surface area contributed by atoms with Crippen molar-refractivity contribution in [2.75, 3.05) is 33.1 Å². The largest absolute Gasteiger partial charge is 0.496 e. The summed E-state index contributed by atoms with van der Waals surface area (Å²) in [4.78, 5) is 25.6. The Balaban J connectivity index is 1.74. The molecule has 2 aromatic carbocycles. The Morgan fingerprint density at radius 2 is 2.00 bits per heavy atom. The first-order valence-electron chi connectivity index (χ1n) is 9.53. The summed E-state index contributed by atoms with van der Waals surface area (Å²) in [6.07, 6.45) is 2.02. The Bertz CT molecular complexity index is 896. The van der Waals surface area contributed by atoms with Crippen molar-refractivity contribution in [1.82, 2.24) is 10.2 Å². The number of likely N-dealkylation sites (N-methyl/N-ethyl adjacent to an activating group) is 1. The van der Waals surface area contributed by atoms with Gasteiger partial charge in [0.25, 0.3) is 11.6 Å². The maximum Gasteiger partial charge on any atom is 0.293 e. The van der Waals surface area contributed by atoms with Gasteiger partial charge in [0.15, 0.2) is 0 Å². The van der Waals surface area contributed by atoms with Gasteiger partial charge in [-0.2, -0.15) is 0 Å². The van der Waals surface area contributed by atoms with Crippen molar-refractivity contribution in [2.24, 2.45) is 0 Å². The Morgan fingerprint density at radius 3 is 2.62 bits per heavy atom. The van der Waals surface area contributed by atoms with Gasteiger partial charge in [-0.1, -0.05) is 18.2 Å². The molecule has 0 spiro atoms. The second kappa shape index (κ2) is 8.91. The highest BCUT2D eigenvalue weighted by molar-refractivity contribution is 5.95. The zero-order chi connectivity index (χ0) is 21.0. The normalized spacial score (nSPS) is 14.3. The van der Waals surface area contributed by atoms with Gasteiger partial charge in [0, 0.05) is 29.8 Å². The average Bonchev–Trinajstić information content (AvgIpc) is 3.52. The third kappa shape index (κ3) is 5.03. The van der Waals surface area contributed by atoms with E-state index in [1.165, 1.54) is 6.07 Å². The standard InChI is InChI=1S/C21H26N4O4/c1-24(2)19(16-6-4-5-7-20(16)29-3)13-22-21(26)14-8-11-17(23-15-9-10-15)18(12-14)25(27)28/h4-8,11-12,15,19,23H,9-10,13H2,1-3H3,(H,22,26)/t19-/m1/s1. The quantitative estimate of drug-likeness (QED) is 0.497. The van der Waals surface area contributed by atoms with Gasteiger partial charge in [-0.05, 0) is 45.1 Å². The highest BCUT2D eigenvalue weighted by atomic mass is 16.6. The van der Waals surface area contributed by atoms with E-state index >= 15 is 0 Å². The molecule has 0 aromatic heterocycles. The summed E-state index contributed by atoms with van der Waals surface area (Å²) in [5, 5.41) is 17.4. The molecular weight excluding hydrogens is 372 g/mol. The monoisotopic (exact) mass is 398 g/mol. The van der Waals surface area contributed by atoms with Gasteiger partial charge in [-0.3, -0.25) is 14.9 Å². The molecule has 0 unspecified atom stereocenters. The SMILES string of the molecule is COc1ccccc1[C@@H](CNC(=O)c1ccc(NC2CC2)c([N+](=O)[O-])c1)N(C)C. The number of nitro benzene ring substituents is 1. The minimum Gasteiger partial charge on any atom is -0.496 e. The van der Waals surface area contributed by atoms with E-state index in [0.717, 1.165) is 24.2 Å². The second-order valence-electron chi connectivity index (χ2n) is 7.34. The Labute approximate surface area is 170 Å². The number of carbonyl (C=O) groups excluding carboxylic acids is 1. The molecule has 1 fully saturated rings. The number of methoxy groups -OCH3 is 1. The number of anilines is 1. The predicted molar refractivity (Wildman–Crippen MR) is 111 cm³/mol. The Kier molecular flexibility index (Phi) is 6.33. The molecule has 1 aliphatic carbocycles. The fraction of sp³-hybridized carbons (Fsp3) is 0.381. The molecule has 3 rings (SSSR count). The van der Waals surface area contributed by atoms with Crippen molar-refractivity contribution < 1.29 is 14.5 Å². The Hall–Kier alpha value is -3.13. The van der Waals surface area contributed by atoms with Crippen molar-refractivity contribution in [3.63, 3.8) is 0 Å². The molecule has 0 heterocycles. The molecule has 0 aliphatic heterocycles. The van der Waals surface area contributed by atoms with Crippen LogP contribution in [-0.2, 0) is 0 Å². The van der Waals surface area contributed by atoms with E-state index in [9.17, 15) is 14.9 Å². The Morgan fingerprint density at radius 1 is 1.28 bits per heavy atom. The summed E-state index contributed by atoms with van der Waals surface area (Å²) in [6.45, 7) is 0.335. The molecule has 8 heteroatoms. The molecule has 8 nitrogen and oxygen atoms in total. The van der Waals surface area contributed by atoms with E-state index < -0.39 is 4.92 Å². The van der Waals surface area contributed by atoms with Crippen LogP contribution in [0, 0.1) is 10.1 Å². The van der Waals surface area contributed by atoms with E-state index in [1.807, 2.05) is 43.3 Å². The fourth-order valence-corrected chi connectivity index (χ4v) is 3.20. The number of nitro groups is 1. The molecule has 2 aromatic rings. The minimum absolute atomic E-state index is 0.0848. The lowest BCUT2D eigenvalue weighted by atomic mass is 10.0. The minimum atomic E-state index is -0.459. The van der Waals surface area contributed by atoms with Crippen LogP contribution < -0.4 is 15.4 Å². The van der Waals surface area contributed by atoms with E-state index in [0.29, 0.717) is 12.2 Å². The molecule has 0 saturated heterocycles. The van der Waals surface area contributed by atoms with Gasteiger partial charge in [0.1, 0.15) is 11.4 Å². The van der Waals surface area contributed by atoms with Crippen molar-refractivity contribution >= 4 is 17.3 Å². The van der Waals surface area contributed by atoms with E-state index in [-0.39, 0.29) is 29.2 Å². The van der Waals surface area contributed by atoms with Crippen LogP contribution in [-0.4, -0.2) is 49.5 Å². The third-order valence-electron chi connectivity index (χ3n) is 4.97. The molecule has 0 radical (unpaired) electrons. The number of para-hydroxylation sites is 1. The van der Waals surface area contributed by atoms with Crippen molar-refractivity contribution in [3.8, 4) is 5.75 Å². The average molecular weight is 398 g/mol. The van der Waals surface area contributed by atoms with Crippen molar-refractivity contribution in [2.45, 2.75) is 24.9 Å². The predicted octanol–water partition coefficient (Wildman–Crippen LogP) is 3.21. The van der Waals surface area contributed by atoms with E-state index in [1.54, 1.807) is 19.2 Å². The molecular formula is C21H26N4O4. The van der Waals surface area contributed by atoms with Crippen LogP contribution >= 0.6 is 0 Å². The van der Waals surface area contributed by atoms with Gasteiger partial charge in [0.05, 0.1) is 18.1 Å². The van der Waals surface area contributed by atoms with Gasteiger partial charge in [-0.15, -0.1) is 0 Å². The second-order valence-corrected chi connectivity index (χ2v) is 7.34. The zero-order valence-electron chi connectivity index (χ0n) is 16.8. The van der Waals surface area contributed by atoms with Crippen LogP contribution in [0.1, 0.15) is 34.8 Å². The number of rotatable bonds is 9. The first-order valence-corrected chi connectivity index (χ1v) is 9.53. The highest BCUT2D eigenvalue weighted by Gasteiger charge is 2.26. The summed E-state index contributed by atoms with van der Waals surface area (Å²) in [7, 11) is 5.46. The summed E-state index contributed by atoms with van der Waals surface area (Å²) >= 11 is 0. The van der Waals surface area contributed by atoms with Crippen LogP contribution in [0.3, 0.4) is 0 Å². The van der Waals surface area contributed by atoms with Crippen LogP contribution in [0.2, 0.25) is 0 Å². The number of amides is 1. The molecule has 154 valence electrons. The number of nitrogens with zero attached hydrogens (tertiary/aromatic N) is 2. The van der Waals surface area contributed by atoms with E-state index in [2.05, 4.69) is 10.6 Å². The lowest BCUT2D eigenvalue weighted by molar-refractivity contribution is -0.384. The van der Waals surface area contributed by atoms with Gasteiger partial charge >= 0.3 is 0 Å². The molecule has 1 amide bonds. The van der Waals surface area contributed by atoms with Crippen molar-refractivity contribution in [1.29, 1.82) is 0 Å². The highest BCUT2D eigenvalue weighted by Crippen LogP contribution is 2.32. The van der Waals surface area contributed by atoms with Crippen LogP contribution in [0.15, 0.2) is 42.5 Å². The zero-order valence-corrected chi connectivity index (χ0v) is 16.8. The molecule has 1 saturated carbocycles. The smallest absolute Gasteiger partial charge is 0.293 e. The number of ether oxygens (including phenoxy) is 1. The van der Waals surface area contributed by atoms with E-state index in [4.69, 9.17) is 4.74 Å². The molecule has 0 bridgehead atoms. The fourth-order valence-electron chi connectivity index (χ4n) is 3.20. The molecule has 2 N–H and O–H groups in total. The number of carbonyl (C=O) groups is 1. The summed E-state index contributed by atoms with van der Waals surface area (Å²) in [5.74, 6) is 0.388. The van der Waals surface area contributed by atoms with Crippen LogP contribution in [0.5, 0.6) is 5.75 Å². The summed E-state index contributed by atoms with van der Waals surface area (Å²) in [5.41, 5.74) is 1.58. The lowest BCUT2D eigenvalue weighted by Crippen LogP contribution is -2.34. The number of hydrogen-bond acceptors (Lipinski definition) is 6.